The maximum atomic E-state index is 12.2. The van der Waals surface area contributed by atoms with E-state index in [0.29, 0.717) is 27.6 Å². The summed E-state index contributed by atoms with van der Waals surface area (Å²) in [7, 11) is 0. The minimum atomic E-state index is -0.262. The van der Waals surface area contributed by atoms with E-state index in [-0.39, 0.29) is 12.5 Å². The average Bonchev–Trinajstić information content (AvgIpc) is 3.33. The second-order valence-corrected chi connectivity index (χ2v) is 9.06. The number of nitriles is 1. The van der Waals surface area contributed by atoms with Gasteiger partial charge in [0.1, 0.15) is 16.8 Å². The first kappa shape index (κ1) is 22.7. The molecular weight excluding hydrogens is 545 g/mol. The molecule has 0 spiro atoms. The van der Waals surface area contributed by atoms with Crippen LogP contribution in [-0.4, -0.2) is 17.5 Å². The molecule has 0 aliphatic rings. The molecular formula is C26H18IN3O2S. The van der Waals surface area contributed by atoms with Crippen molar-refractivity contribution >= 4 is 57.2 Å². The smallest absolute Gasteiger partial charge is 0.262 e. The molecule has 0 radical (unpaired) electrons. The molecule has 33 heavy (non-hydrogen) atoms. The monoisotopic (exact) mass is 563 g/mol. The number of hydrogen-bond donors (Lipinski definition) is 1. The topological polar surface area (TPSA) is 75.0 Å². The Labute approximate surface area is 209 Å². The fraction of sp³-hybridized carbons (Fsp3) is 0.0385. The van der Waals surface area contributed by atoms with Crippen molar-refractivity contribution in [1.29, 1.82) is 5.26 Å². The van der Waals surface area contributed by atoms with Gasteiger partial charge in [0.2, 0.25) is 0 Å². The lowest BCUT2D eigenvalue weighted by molar-refractivity contribution is -0.118. The number of hydrogen-bond acceptors (Lipinski definition) is 5. The molecule has 0 atom stereocenters. The van der Waals surface area contributed by atoms with Crippen LogP contribution in [0.5, 0.6) is 5.75 Å². The van der Waals surface area contributed by atoms with Crippen LogP contribution in [0.1, 0.15) is 10.6 Å². The van der Waals surface area contributed by atoms with Crippen LogP contribution in [-0.2, 0) is 4.79 Å². The zero-order chi connectivity index (χ0) is 23.0. The van der Waals surface area contributed by atoms with Crippen molar-refractivity contribution in [2.45, 2.75) is 0 Å². The van der Waals surface area contributed by atoms with Crippen molar-refractivity contribution in [2.24, 2.45) is 0 Å². The Morgan fingerprint density at radius 1 is 1.06 bits per heavy atom. The van der Waals surface area contributed by atoms with Gasteiger partial charge in [0.15, 0.2) is 6.61 Å². The van der Waals surface area contributed by atoms with E-state index >= 15 is 0 Å². The summed E-state index contributed by atoms with van der Waals surface area (Å²) >= 11 is 3.68. The van der Waals surface area contributed by atoms with Gasteiger partial charge in [0, 0.05) is 25.8 Å². The molecule has 162 valence electrons. The largest absolute Gasteiger partial charge is 0.483 e. The second-order valence-electron chi connectivity index (χ2n) is 6.96. The van der Waals surface area contributed by atoms with Crippen LogP contribution in [0, 0.1) is 14.9 Å². The third-order valence-electron chi connectivity index (χ3n) is 4.63. The number of anilines is 1. The number of benzene rings is 3. The van der Waals surface area contributed by atoms with Crippen LogP contribution >= 0.6 is 33.9 Å². The lowest BCUT2D eigenvalue weighted by Crippen LogP contribution is -2.20. The van der Waals surface area contributed by atoms with E-state index in [1.807, 2.05) is 78.2 Å². The van der Waals surface area contributed by atoms with E-state index in [9.17, 15) is 10.1 Å². The first-order valence-electron chi connectivity index (χ1n) is 10.0. The van der Waals surface area contributed by atoms with Crippen LogP contribution < -0.4 is 10.1 Å². The highest BCUT2D eigenvalue weighted by Crippen LogP contribution is 2.29. The van der Waals surface area contributed by atoms with Gasteiger partial charge in [-0.05, 0) is 59.0 Å². The lowest BCUT2D eigenvalue weighted by atomic mass is 10.1. The fourth-order valence-corrected chi connectivity index (χ4v) is 4.20. The van der Waals surface area contributed by atoms with Gasteiger partial charge in [-0.3, -0.25) is 4.79 Å². The van der Waals surface area contributed by atoms with E-state index in [2.05, 4.69) is 39.0 Å². The molecule has 5 nitrogen and oxygen atoms in total. The Morgan fingerprint density at radius 3 is 2.55 bits per heavy atom. The molecule has 4 aromatic rings. The molecule has 1 aromatic heterocycles. The van der Waals surface area contributed by atoms with Gasteiger partial charge in [-0.25, -0.2) is 4.98 Å². The van der Waals surface area contributed by atoms with Crippen LogP contribution in [0.4, 0.5) is 5.69 Å². The van der Waals surface area contributed by atoms with E-state index in [4.69, 9.17) is 4.74 Å². The normalized spacial score (nSPS) is 11.0. The Bertz CT molecular complexity index is 1330. The molecule has 1 heterocycles. The van der Waals surface area contributed by atoms with Crippen molar-refractivity contribution in [3.63, 3.8) is 0 Å². The number of ether oxygens (including phenoxy) is 1. The number of carbonyl (C=O) groups is 1. The zero-order valence-corrected chi connectivity index (χ0v) is 20.3. The van der Waals surface area contributed by atoms with E-state index in [0.717, 1.165) is 14.8 Å². The van der Waals surface area contributed by atoms with E-state index in [1.54, 1.807) is 12.1 Å². The fourth-order valence-electron chi connectivity index (χ4n) is 3.04. The highest BCUT2D eigenvalue weighted by Gasteiger charge is 2.12. The number of para-hydroxylation sites is 2. The van der Waals surface area contributed by atoms with E-state index in [1.165, 1.54) is 11.3 Å². The number of amides is 1. The first-order valence-corrected chi connectivity index (χ1v) is 12.0. The van der Waals surface area contributed by atoms with Crippen LogP contribution in [0.2, 0.25) is 0 Å². The molecule has 0 aliphatic heterocycles. The Hall–Kier alpha value is -3.48. The summed E-state index contributed by atoms with van der Waals surface area (Å²) in [5, 5.41) is 15.1. The maximum absolute atomic E-state index is 12.2. The summed E-state index contributed by atoms with van der Waals surface area (Å²) in [6.45, 7) is -0.143. The Kier molecular flexibility index (Phi) is 7.50. The van der Waals surface area contributed by atoms with Crippen molar-refractivity contribution in [1.82, 2.24) is 4.98 Å². The average molecular weight is 563 g/mol. The number of nitrogens with zero attached hydrogens (tertiary/aromatic N) is 2. The lowest BCUT2D eigenvalue weighted by Gasteiger charge is -2.10. The Balaban J connectivity index is 1.50. The maximum Gasteiger partial charge on any atom is 0.262 e. The van der Waals surface area contributed by atoms with Crippen LogP contribution in [0.25, 0.3) is 22.9 Å². The summed E-state index contributed by atoms with van der Waals surface area (Å²) < 4.78 is 6.91. The molecule has 7 heteroatoms. The van der Waals surface area contributed by atoms with Gasteiger partial charge >= 0.3 is 0 Å². The number of nitrogens with one attached hydrogen (secondary N) is 1. The van der Waals surface area contributed by atoms with E-state index < -0.39 is 0 Å². The zero-order valence-electron chi connectivity index (χ0n) is 17.4. The highest BCUT2D eigenvalue weighted by molar-refractivity contribution is 14.1. The minimum absolute atomic E-state index is 0.143. The molecule has 0 aliphatic carbocycles. The number of halogens is 1. The summed E-state index contributed by atoms with van der Waals surface area (Å²) in [6.07, 6.45) is 1.74. The van der Waals surface area contributed by atoms with Gasteiger partial charge in [-0.15, -0.1) is 11.3 Å². The number of allylic oxidation sites excluding steroid dienone is 1. The van der Waals surface area contributed by atoms with Crippen LogP contribution in [0.3, 0.4) is 0 Å². The second kappa shape index (κ2) is 10.9. The third kappa shape index (κ3) is 6.06. The third-order valence-corrected chi connectivity index (χ3v) is 6.22. The Morgan fingerprint density at radius 2 is 1.79 bits per heavy atom. The summed E-state index contributed by atoms with van der Waals surface area (Å²) in [6, 6.07) is 26.8. The van der Waals surface area contributed by atoms with Crippen molar-refractivity contribution in [3.8, 4) is 23.1 Å². The molecule has 0 fully saturated rings. The standard InChI is InChI=1S/C26H18IN3O2S/c27-21-12-10-18(11-13-21)23-17-33-26(30-23)20(15-28)14-19-6-4-5-9-24(19)32-16-25(31)29-22-7-2-1-3-8-22/h1-14,17H,16H2,(H,29,31). The SMILES string of the molecule is N#CC(=Cc1ccccc1OCC(=O)Nc1ccccc1)c1nc(-c2ccc(I)cc2)cs1. The van der Waals surface area contributed by atoms with Crippen molar-refractivity contribution < 1.29 is 9.53 Å². The van der Waals surface area contributed by atoms with Gasteiger partial charge in [0.05, 0.1) is 11.3 Å². The van der Waals surface area contributed by atoms with Gasteiger partial charge in [-0.1, -0.05) is 48.5 Å². The summed E-state index contributed by atoms with van der Waals surface area (Å²) in [5.41, 5.74) is 3.67. The molecule has 4 rings (SSSR count). The molecule has 0 saturated carbocycles. The minimum Gasteiger partial charge on any atom is -0.483 e. The van der Waals surface area contributed by atoms with Crippen molar-refractivity contribution in [2.75, 3.05) is 11.9 Å². The van der Waals surface area contributed by atoms with Crippen molar-refractivity contribution in [3.05, 3.63) is 98.4 Å². The summed E-state index contributed by atoms with van der Waals surface area (Å²) in [5.74, 6) is 0.255. The van der Waals surface area contributed by atoms with Crippen LogP contribution in [0.15, 0.2) is 84.2 Å². The molecule has 0 saturated heterocycles. The predicted octanol–water partition coefficient (Wildman–Crippen LogP) is 6.50. The molecule has 3 aromatic carbocycles. The van der Waals surface area contributed by atoms with Gasteiger partial charge in [0.25, 0.3) is 5.91 Å². The number of thiazole rings is 1. The molecule has 0 unspecified atom stereocenters. The predicted molar refractivity (Wildman–Crippen MR) is 141 cm³/mol. The number of carbonyl (C=O) groups excluding carboxylic acids is 1. The molecule has 1 amide bonds. The summed E-state index contributed by atoms with van der Waals surface area (Å²) in [4.78, 5) is 16.9. The quantitative estimate of drug-likeness (QED) is 0.206. The number of rotatable bonds is 7. The van der Waals surface area contributed by atoms with Gasteiger partial charge < -0.3 is 10.1 Å². The first-order chi connectivity index (χ1) is 16.1. The van der Waals surface area contributed by atoms with Gasteiger partial charge in [-0.2, -0.15) is 5.26 Å². The highest BCUT2D eigenvalue weighted by atomic mass is 127. The molecule has 0 bridgehead atoms. The number of aromatic nitrogens is 1. The molecule has 1 N–H and O–H groups in total.